The highest BCUT2D eigenvalue weighted by atomic mass is 32.2. The first kappa shape index (κ1) is 19.2. The third-order valence-electron chi connectivity index (χ3n) is 5.14. The molecule has 0 aliphatic heterocycles. The number of primary amides is 1. The summed E-state index contributed by atoms with van der Waals surface area (Å²) in [5, 5.41) is 1.41. The maximum absolute atomic E-state index is 13.7. The molecule has 2 aromatic heterocycles. The van der Waals surface area contributed by atoms with Crippen LogP contribution < -0.4 is 11.3 Å². The van der Waals surface area contributed by atoms with Crippen molar-refractivity contribution < 1.29 is 4.79 Å². The fraction of sp³-hybridized carbons (Fsp3) is 0.381. The Kier molecular flexibility index (Phi) is 5.55. The highest BCUT2D eigenvalue weighted by Gasteiger charge is 2.22. The molecule has 3 aromatic rings. The van der Waals surface area contributed by atoms with Crippen LogP contribution in [-0.4, -0.2) is 21.2 Å². The second kappa shape index (κ2) is 8.09. The number of thioether (sulfide) groups is 1. The van der Waals surface area contributed by atoms with Crippen molar-refractivity contribution in [2.45, 2.75) is 50.6 Å². The molecule has 1 amide bonds. The van der Waals surface area contributed by atoms with Crippen molar-refractivity contribution in [1.82, 2.24) is 9.55 Å². The number of carbonyl (C=O) groups excluding carboxylic acids is 1. The van der Waals surface area contributed by atoms with Gasteiger partial charge in [-0.3, -0.25) is 14.2 Å². The summed E-state index contributed by atoms with van der Waals surface area (Å²) in [5.41, 5.74) is 8.35. The van der Waals surface area contributed by atoms with Crippen molar-refractivity contribution in [2.75, 3.05) is 5.75 Å². The number of fused-ring (bicyclic) bond motifs is 3. The zero-order chi connectivity index (χ0) is 19.7. The minimum atomic E-state index is -0.346. The van der Waals surface area contributed by atoms with Gasteiger partial charge in [-0.1, -0.05) is 36.4 Å². The highest BCUT2D eigenvalue weighted by Crippen LogP contribution is 2.35. The maximum Gasteiger partial charge on any atom is 0.267 e. The lowest BCUT2D eigenvalue weighted by Gasteiger charge is -2.14. The Morgan fingerprint density at radius 2 is 2.04 bits per heavy atom. The van der Waals surface area contributed by atoms with E-state index in [1.165, 1.54) is 35.0 Å². The van der Waals surface area contributed by atoms with Gasteiger partial charge in [-0.2, -0.15) is 0 Å². The van der Waals surface area contributed by atoms with Gasteiger partial charge in [0.25, 0.3) is 5.56 Å². The van der Waals surface area contributed by atoms with Crippen LogP contribution in [0.1, 0.15) is 41.7 Å². The van der Waals surface area contributed by atoms with Crippen LogP contribution in [0.3, 0.4) is 0 Å². The number of para-hydroxylation sites is 1. The van der Waals surface area contributed by atoms with Crippen LogP contribution in [0.5, 0.6) is 0 Å². The number of aromatic nitrogens is 2. The topological polar surface area (TPSA) is 78.0 Å². The average molecular weight is 414 g/mol. The number of benzene rings is 1. The molecule has 0 bridgehead atoms. The lowest BCUT2D eigenvalue weighted by molar-refractivity contribution is -0.117. The monoisotopic (exact) mass is 413 g/mol. The summed E-state index contributed by atoms with van der Waals surface area (Å²) in [6.45, 7) is 2.00. The van der Waals surface area contributed by atoms with E-state index in [-0.39, 0.29) is 17.9 Å². The van der Waals surface area contributed by atoms with E-state index in [1.807, 2.05) is 31.2 Å². The van der Waals surface area contributed by atoms with Crippen LogP contribution in [0, 0.1) is 6.92 Å². The Morgan fingerprint density at radius 3 is 2.82 bits per heavy atom. The summed E-state index contributed by atoms with van der Waals surface area (Å²) in [4.78, 5) is 31.8. The Labute approximate surface area is 172 Å². The Morgan fingerprint density at radius 1 is 1.25 bits per heavy atom. The Hall–Kier alpha value is -2.12. The Bertz CT molecular complexity index is 1100. The lowest BCUT2D eigenvalue weighted by Crippen LogP contribution is -2.23. The lowest BCUT2D eigenvalue weighted by atomic mass is 10.1. The number of thiophene rings is 1. The number of amides is 1. The second-order valence-electron chi connectivity index (χ2n) is 7.13. The number of hydrogen-bond donors (Lipinski definition) is 1. The van der Waals surface area contributed by atoms with Crippen molar-refractivity contribution in [1.29, 1.82) is 0 Å². The zero-order valence-electron chi connectivity index (χ0n) is 15.9. The molecule has 0 spiro atoms. The van der Waals surface area contributed by atoms with Crippen LogP contribution in [0.4, 0.5) is 0 Å². The van der Waals surface area contributed by atoms with Gasteiger partial charge in [0.15, 0.2) is 5.16 Å². The van der Waals surface area contributed by atoms with Gasteiger partial charge < -0.3 is 5.73 Å². The average Bonchev–Trinajstić information content (AvgIpc) is 2.84. The van der Waals surface area contributed by atoms with E-state index in [2.05, 4.69) is 0 Å². The largest absolute Gasteiger partial charge is 0.370 e. The number of carbonyl (C=O) groups is 1. The zero-order valence-corrected chi connectivity index (χ0v) is 17.5. The van der Waals surface area contributed by atoms with Gasteiger partial charge in [-0.25, -0.2) is 4.98 Å². The van der Waals surface area contributed by atoms with E-state index < -0.39 is 0 Å². The quantitative estimate of drug-likeness (QED) is 0.390. The number of nitrogens with zero attached hydrogens (tertiary/aromatic N) is 2. The summed E-state index contributed by atoms with van der Waals surface area (Å²) in [6.07, 6.45) is 5.75. The minimum absolute atomic E-state index is 0.000255. The number of hydrogen-bond acceptors (Lipinski definition) is 5. The molecule has 28 heavy (non-hydrogen) atoms. The normalized spacial score (nSPS) is 14.0. The standard InChI is InChI=1S/C21H23N3O2S2/c1-13-7-5-6-9-15(13)24-20(26)18-14-8-3-2-4-10-16(14)28-19(18)23-21(24)27-12-11-17(22)25/h5-7,9H,2-4,8,10-12H2,1H3,(H2,22,25). The summed E-state index contributed by atoms with van der Waals surface area (Å²) in [5.74, 6) is 0.158. The van der Waals surface area contributed by atoms with Gasteiger partial charge in [0, 0.05) is 17.1 Å². The molecule has 5 nitrogen and oxygen atoms in total. The summed E-state index contributed by atoms with van der Waals surface area (Å²) in [7, 11) is 0. The Balaban J connectivity index is 1.93. The maximum atomic E-state index is 13.7. The van der Waals surface area contributed by atoms with Crippen molar-refractivity contribution in [3.63, 3.8) is 0 Å². The summed E-state index contributed by atoms with van der Waals surface area (Å²) in [6, 6.07) is 7.85. The van der Waals surface area contributed by atoms with Gasteiger partial charge in [-0.05, 0) is 49.8 Å². The molecule has 0 saturated heterocycles. The van der Waals surface area contributed by atoms with E-state index >= 15 is 0 Å². The summed E-state index contributed by atoms with van der Waals surface area (Å²) < 4.78 is 1.72. The van der Waals surface area contributed by atoms with Crippen LogP contribution in [0.2, 0.25) is 0 Å². The summed E-state index contributed by atoms with van der Waals surface area (Å²) >= 11 is 3.08. The van der Waals surface area contributed by atoms with Gasteiger partial charge in [-0.15, -0.1) is 11.3 Å². The molecule has 4 rings (SSSR count). The van der Waals surface area contributed by atoms with Gasteiger partial charge >= 0.3 is 0 Å². The smallest absolute Gasteiger partial charge is 0.267 e. The molecular formula is C21H23N3O2S2. The molecule has 0 unspecified atom stereocenters. The van der Waals surface area contributed by atoms with E-state index in [1.54, 1.807) is 15.9 Å². The van der Waals surface area contributed by atoms with E-state index in [0.29, 0.717) is 10.9 Å². The fourth-order valence-corrected chi connectivity index (χ4v) is 5.99. The molecule has 1 aliphatic carbocycles. The first-order valence-corrected chi connectivity index (χ1v) is 11.4. The second-order valence-corrected chi connectivity index (χ2v) is 9.28. The van der Waals surface area contributed by atoms with Crippen molar-refractivity contribution >= 4 is 39.2 Å². The molecule has 0 atom stereocenters. The first-order valence-electron chi connectivity index (χ1n) is 9.60. The molecule has 0 saturated carbocycles. The third-order valence-corrected chi connectivity index (χ3v) is 7.27. The van der Waals surface area contributed by atoms with Gasteiger partial charge in [0.1, 0.15) is 4.83 Å². The predicted molar refractivity (Wildman–Crippen MR) is 116 cm³/mol. The first-order chi connectivity index (χ1) is 13.6. The molecule has 0 radical (unpaired) electrons. The van der Waals surface area contributed by atoms with Crippen molar-refractivity contribution in [3.05, 3.63) is 50.6 Å². The van der Waals surface area contributed by atoms with E-state index in [0.717, 1.165) is 40.7 Å². The number of aryl methyl sites for hydroxylation is 3. The molecule has 1 aliphatic rings. The van der Waals surface area contributed by atoms with Crippen LogP contribution in [0.15, 0.2) is 34.2 Å². The molecule has 146 valence electrons. The third kappa shape index (κ3) is 3.61. The molecule has 1 aromatic carbocycles. The number of rotatable bonds is 5. The predicted octanol–water partition coefficient (Wildman–Crippen LogP) is 3.99. The van der Waals surface area contributed by atoms with Crippen molar-refractivity contribution in [3.8, 4) is 5.69 Å². The highest BCUT2D eigenvalue weighted by molar-refractivity contribution is 7.99. The van der Waals surface area contributed by atoms with E-state index in [4.69, 9.17) is 10.7 Å². The van der Waals surface area contributed by atoms with Crippen LogP contribution >= 0.6 is 23.1 Å². The van der Waals surface area contributed by atoms with Crippen LogP contribution in [-0.2, 0) is 17.6 Å². The van der Waals surface area contributed by atoms with Crippen LogP contribution in [0.25, 0.3) is 15.9 Å². The molecular weight excluding hydrogens is 390 g/mol. The van der Waals surface area contributed by atoms with E-state index in [9.17, 15) is 9.59 Å². The fourth-order valence-electron chi connectivity index (χ4n) is 3.73. The number of nitrogens with two attached hydrogens (primary N) is 1. The SMILES string of the molecule is Cc1ccccc1-n1c(SCCC(N)=O)nc2sc3c(c2c1=O)CCCCC3. The van der Waals surface area contributed by atoms with Crippen molar-refractivity contribution in [2.24, 2.45) is 5.73 Å². The molecule has 2 heterocycles. The van der Waals surface area contributed by atoms with Gasteiger partial charge in [0.05, 0.1) is 11.1 Å². The molecule has 7 heteroatoms. The van der Waals surface area contributed by atoms with Gasteiger partial charge in [0.2, 0.25) is 5.91 Å². The molecule has 2 N–H and O–H groups in total. The molecule has 0 fully saturated rings. The minimum Gasteiger partial charge on any atom is -0.370 e.